The Morgan fingerprint density at radius 2 is 1.58 bits per heavy atom. The van der Waals surface area contributed by atoms with Gasteiger partial charge in [-0.25, -0.2) is 4.79 Å². The number of carbonyl (C=O) groups excluding carboxylic acids is 3. The Balaban J connectivity index is 3.52. The number of phenolic OH excluding ortho intramolecular Hbond substituents is 1. The van der Waals surface area contributed by atoms with Crippen molar-refractivity contribution in [1.82, 2.24) is 15.5 Å². The third-order valence-corrected chi connectivity index (χ3v) is 5.70. The fourth-order valence-corrected chi connectivity index (χ4v) is 3.76. The normalized spacial score (nSPS) is 14.4. The van der Waals surface area contributed by atoms with Gasteiger partial charge in [-0.15, -0.1) is 0 Å². The molecule has 0 saturated heterocycles. The molecule has 0 aliphatic heterocycles. The molecule has 3 N–H and O–H groups in total. The van der Waals surface area contributed by atoms with Crippen LogP contribution in [0.4, 0.5) is 4.79 Å². The van der Waals surface area contributed by atoms with E-state index >= 15 is 0 Å². The lowest BCUT2D eigenvalue weighted by Gasteiger charge is -2.37. The summed E-state index contributed by atoms with van der Waals surface area (Å²) in [5, 5.41) is 15.6. The zero-order valence-corrected chi connectivity index (χ0v) is 23.6. The van der Waals surface area contributed by atoms with Gasteiger partial charge in [-0.05, 0) is 71.6 Å². The third kappa shape index (κ3) is 10.5. The number of benzene rings is 1. The molecule has 8 nitrogen and oxygen atoms in total. The molecule has 0 fully saturated rings. The highest BCUT2D eigenvalue weighted by Gasteiger charge is 2.38. The van der Waals surface area contributed by atoms with E-state index in [2.05, 4.69) is 17.6 Å². The van der Waals surface area contributed by atoms with Gasteiger partial charge in [-0.1, -0.05) is 52.2 Å². The molecule has 36 heavy (non-hydrogen) atoms. The Kier molecular flexibility index (Phi) is 11.7. The molecule has 3 amide bonds. The van der Waals surface area contributed by atoms with Crippen molar-refractivity contribution in [2.24, 2.45) is 5.92 Å². The fraction of sp³-hybridized carbons (Fsp3) is 0.679. The molecule has 204 valence electrons. The Bertz CT molecular complexity index is 855. The van der Waals surface area contributed by atoms with Gasteiger partial charge in [-0.2, -0.15) is 0 Å². The first-order chi connectivity index (χ1) is 16.6. The monoisotopic (exact) mass is 505 g/mol. The summed E-state index contributed by atoms with van der Waals surface area (Å²) in [6.07, 6.45) is 2.52. The molecular formula is C28H47N3O5. The zero-order chi connectivity index (χ0) is 27.7. The second kappa shape index (κ2) is 13.5. The number of alkyl carbamates (subject to hydrolysis) is 1. The number of phenols is 1. The number of nitrogens with one attached hydrogen (secondary N) is 2. The SMILES string of the molecule is CCCCCN(C(=O)C(NC(=O)OC(C)(C)C)C(C)CC)C(C(=O)NC(C)(C)C)c1ccc(O)cc1. The summed E-state index contributed by atoms with van der Waals surface area (Å²) in [4.78, 5) is 42.0. The van der Waals surface area contributed by atoms with Crippen molar-refractivity contribution in [3.63, 3.8) is 0 Å². The molecule has 0 aromatic heterocycles. The van der Waals surface area contributed by atoms with Gasteiger partial charge in [0.1, 0.15) is 23.4 Å². The van der Waals surface area contributed by atoms with Gasteiger partial charge in [0, 0.05) is 12.1 Å². The molecule has 0 heterocycles. The highest BCUT2D eigenvalue weighted by Crippen LogP contribution is 2.27. The lowest BCUT2D eigenvalue weighted by molar-refractivity contribution is -0.144. The van der Waals surface area contributed by atoms with E-state index in [4.69, 9.17) is 4.74 Å². The maximum absolute atomic E-state index is 14.1. The van der Waals surface area contributed by atoms with Crippen LogP contribution in [-0.4, -0.2) is 51.6 Å². The highest BCUT2D eigenvalue weighted by atomic mass is 16.6. The number of carbonyl (C=O) groups is 3. The van der Waals surface area contributed by atoms with Crippen LogP contribution in [0.1, 0.15) is 99.6 Å². The topological polar surface area (TPSA) is 108 Å². The van der Waals surface area contributed by atoms with Crippen molar-refractivity contribution in [3.8, 4) is 5.75 Å². The van der Waals surface area contributed by atoms with Gasteiger partial charge in [0.2, 0.25) is 11.8 Å². The van der Waals surface area contributed by atoms with Crippen molar-refractivity contribution < 1.29 is 24.2 Å². The highest BCUT2D eigenvalue weighted by molar-refractivity contribution is 5.92. The molecule has 1 aromatic carbocycles. The second-order valence-electron chi connectivity index (χ2n) is 11.5. The van der Waals surface area contributed by atoms with E-state index in [1.165, 1.54) is 12.1 Å². The van der Waals surface area contributed by atoms with Gasteiger partial charge in [0.05, 0.1) is 0 Å². The predicted molar refractivity (Wildman–Crippen MR) is 143 cm³/mol. The summed E-state index contributed by atoms with van der Waals surface area (Å²) in [5.74, 6) is -0.779. The predicted octanol–water partition coefficient (Wildman–Crippen LogP) is 5.31. The molecule has 0 aliphatic carbocycles. The van der Waals surface area contributed by atoms with E-state index in [9.17, 15) is 19.5 Å². The third-order valence-electron chi connectivity index (χ3n) is 5.70. The molecule has 0 radical (unpaired) electrons. The molecular weight excluding hydrogens is 458 g/mol. The maximum atomic E-state index is 14.1. The number of ether oxygens (including phenoxy) is 1. The van der Waals surface area contributed by atoms with E-state index in [1.54, 1.807) is 37.8 Å². The van der Waals surface area contributed by atoms with Gasteiger partial charge in [0.25, 0.3) is 0 Å². The Morgan fingerprint density at radius 1 is 1.00 bits per heavy atom. The van der Waals surface area contributed by atoms with Crippen molar-refractivity contribution in [3.05, 3.63) is 29.8 Å². The molecule has 1 aromatic rings. The standard InChI is InChI=1S/C28H47N3O5/c1-10-12-13-18-31(25(34)22(19(3)11-2)29-26(35)36-28(7,8)9)23(24(33)30-27(4,5)6)20-14-16-21(32)17-15-20/h14-17,19,22-23,32H,10-13,18H2,1-9H3,(H,29,35)(H,30,33). The van der Waals surface area contributed by atoms with E-state index < -0.39 is 29.3 Å². The first-order valence-electron chi connectivity index (χ1n) is 13.0. The molecule has 0 aliphatic rings. The summed E-state index contributed by atoms with van der Waals surface area (Å²) in [6, 6.07) is 4.53. The van der Waals surface area contributed by atoms with E-state index in [1.807, 2.05) is 34.6 Å². The number of unbranched alkanes of at least 4 members (excludes halogenated alkanes) is 2. The minimum absolute atomic E-state index is 0.0710. The minimum atomic E-state index is -0.929. The van der Waals surface area contributed by atoms with Crippen LogP contribution < -0.4 is 10.6 Å². The molecule has 3 unspecified atom stereocenters. The molecule has 0 bridgehead atoms. The Labute approximate surface area is 217 Å². The van der Waals surface area contributed by atoms with Crippen LogP contribution in [0.5, 0.6) is 5.75 Å². The first kappa shape index (κ1) is 31.3. The molecule has 3 atom stereocenters. The lowest BCUT2D eigenvalue weighted by atomic mass is 9.95. The van der Waals surface area contributed by atoms with Crippen LogP contribution in [0.15, 0.2) is 24.3 Å². The average Bonchev–Trinajstić information content (AvgIpc) is 2.74. The van der Waals surface area contributed by atoms with Crippen LogP contribution in [0.2, 0.25) is 0 Å². The lowest BCUT2D eigenvalue weighted by Crippen LogP contribution is -2.56. The zero-order valence-electron chi connectivity index (χ0n) is 23.6. The van der Waals surface area contributed by atoms with Crippen LogP contribution in [0.25, 0.3) is 0 Å². The largest absolute Gasteiger partial charge is 0.508 e. The van der Waals surface area contributed by atoms with Gasteiger partial charge >= 0.3 is 6.09 Å². The summed E-state index contributed by atoms with van der Waals surface area (Å²) in [6.45, 7) is 17.2. The van der Waals surface area contributed by atoms with Gasteiger partial charge in [-0.3, -0.25) is 9.59 Å². The smallest absolute Gasteiger partial charge is 0.408 e. The summed E-state index contributed by atoms with van der Waals surface area (Å²) in [5.41, 5.74) is -0.649. The van der Waals surface area contributed by atoms with E-state index in [0.717, 1.165) is 12.8 Å². The van der Waals surface area contributed by atoms with Crippen LogP contribution >= 0.6 is 0 Å². The summed E-state index contributed by atoms with van der Waals surface area (Å²) < 4.78 is 5.44. The van der Waals surface area contributed by atoms with Crippen LogP contribution in [0, 0.1) is 5.92 Å². The molecule has 8 heteroatoms. The Hall–Kier alpha value is -2.77. The number of nitrogens with zero attached hydrogens (tertiary/aromatic N) is 1. The van der Waals surface area contributed by atoms with Crippen LogP contribution in [-0.2, 0) is 14.3 Å². The number of amides is 3. The summed E-state index contributed by atoms with van der Waals surface area (Å²) in [7, 11) is 0. The molecule has 1 rings (SSSR count). The molecule has 0 spiro atoms. The molecule has 0 saturated carbocycles. The van der Waals surface area contributed by atoms with Crippen molar-refractivity contribution in [2.75, 3.05) is 6.54 Å². The van der Waals surface area contributed by atoms with Gasteiger partial charge in [0.15, 0.2) is 0 Å². The number of rotatable bonds is 11. The quantitative estimate of drug-likeness (QED) is 0.353. The van der Waals surface area contributed by atoms with Crippen molar-refractivity contribution in [2.45, 2.75) is 111 Å². The van der Waals surface area contributed by atoms with Crippen LogP contribution in [0.3, 0.4) is 0 Å². The number of hydrogen-bond donors (Lipinski definition) is 3. The van der Waals surface area contributed by atoms with Gasteiger partial charge < -0.3 is 25.4 Å². The maximum Gasteiger partial charge on any atom is 0.408 e. The average molecular weight is 506 g/mol. The number of aromatic hydroxyl groups is 1. The number of hydrogen-bond acceptors (Lipinski definition) is 5. The van der Waals surface area contributed by atoms with E-state index in [0.29, 0.717) is 24.9 Å². The second-order valence-corrected chi connectivity index (χ2v) is 11.5. The van der Waals surface area contributed by atoms with Crippen molar-refractivity contribution >= 4 is 17.9 Å². The Morgan fingerprint density at radius 3 is 2.06 bits per heavy atom. The fourth-order valence-electron chi connectivity index (χ4n) is 3.76. The van der Waals surface area contributed by atoms with E-state index in [-0.39, 0.29) is 23.5 Å². The minimum Gasteiger partial charge on any atom is -0.508 e. The summed E-state index contributed by atoms with van der Waals surface area (Å²) >= 11 is 0. The van der Waals surface area contributed by atoms with Crippen molar-refractivity contribution in [1.29, 1.82) is 0 Å². The first-order valence-corrected chi connectivity index (χ1v) is 13.0.